The third-order valence-electron chi connectivity index (χ3n) is 3.64. The second kappa shape index (κ2) is 6.38. The first-order valence-corrected chi connectivity index (χ1v) is 9.35. The van der Waals surface area contributed by atoms with Crippen LogP contribution in [-0.2, 0) is 4.79 Å². The monoisotopic (exact) mass is 405 g/mol. The first kappa shape index (κ1) is 15.5. The van der Waals surface area contributed by atoms with Crippen LogP contribution in [0.3, 0.4) is 0 Å². The molecule has 1 saturated heterocycles. The summed E-state index contributed by atoms with van der Waals surface area (Å²) in [5, 5.41) is 9.47. The molecule has 0 spiro atoms. The minimum Gasteiger partial charge on any atom is -0.480 e. The number of aliphatic carboxylic acids is 1. The summed E-state index contributed by atoms with van der Waals surface area (Å²) in [4.78, 5) is 15.9. The van der Waals surface area contributed by atoms with Gasteiger partial charge >= 0.3 is 5.97 Å². The highest BCUT2D eigenvalue weighted by Crippen LogP contribution is 2.42. The Labute approximate surface area is 144 Å². The van der Waals surface area contributed by atoms with Crippen molar-refractivity contribution in [2.45, 2.75) is 24.9 Å². The highest BCUT2D eigenvalue weighted by Gasteiger charge is 2.37. The number of hydrogen-bond donors (Lipinski definition) is 1. The molecule has 1 aliphatic rings. The van der Waals surface area contributed by atoms with Crippen LogP contribution in [0.5, 0.6) is 0 Å². The molecule has 3 rings (SSSR count). The minimum atomic E-state index is -0.740. The molecule has 21 heavy (non-hydrogen) atoms. The maximum Gasteiger partial charge on any atom is 0.320 e. The van der Waals surface area contributed by atoms with E-state index in [1.165, 1.54) is 11.3 Å². The van der Waals surface area contributed by atoms with E-state index in [0.29, 0.717) is 6.42 Å². The van der Waals surface area contributed by atoms with Crippen LogP contribution < -0.4 is 0 Å². The van der Waals surface area contributed by atoms with Crippen molar-refractivity contribution in [2.75, 3.05) is 6.54 Å². The van der Waals surface area contributed by atoms with Crippen LogP contribution in [-0.4, -0.2) is 28.6 Å². The van der Waals surface area contributed by atoms with Crippen molar-refractivity contribution in [2.24, 2.45) is 0 Å². The second-order valence-electron chi connectivity index (χ2n) is 4.92. The normalized spacial score (nSPS) is 20.8. The number of nitrogens with zero attached hydrogens (tertiary/aromatic N) is 1. The second-order valence-corrected chi connectivity index (χ2v) is 9.16. The Balaban J connectivity index is 2.02. The molecule has 112 valence electrons. The molecule has 0 aromatic carbocycles. The van der Waals surface area contributed by atoms with E-state index < -0.39 is 12.0 Å². The quantitative estimate of drug-likeness (QED) is 0.788. The summed E-state index contributed by atoms with van der Waals surface area (Å²) >= 11 is 12.7. The molecule has 0 bridgehead atoms. The van der Waals surface area contributed by atoms with Gasteiger partial charge in [0, 0.05) is 16.3 Å². The van der Waals surface area contributed by atoms with Crippen LogP contribution >= 0.6 is 50.2 Å². The first-order valence-electron chi connectivity index (χ1n) is 6.55. The standard InChI is InChI=1S/C14H13BrClNO2S2/c15-11-5-3-9(20-11)13(10-4-6-12(16)21-10)17-7-1-2-8(17)14(18)19/h3-6,8,13H,1-2,7H2,(H,18,19). The van der Waals surface area contributed by atoms with Gasteiger partial charge in [-0.3, -0.25) is 9.69 Å². The van der Waals surface area contributed by atoms with Crippen molar-refractivity contribution in [3.63, 3.8) is 0 Å². The number of likely N-dealkylation sites (tertiary alicyclic amines) is 1. The van der Waals surface area contributed by atoms with Crippen molar-refractivity contribution in [1.29, 1.82) is 0 Å². The molecule has 3 heterocycles. The summed E-state index contributed by atoms with van der Waals surface area (Å²) in [6, 6.07) is 7.50. The summed E-state index contributed by atoms with van der Waals surface area (Å²) < 4.78 is 1.79. The number of rotatable bonds is 4. The Morgan fingerprint density at radius 1 is 1.33 bits per heavy atom. The number of carboxylic acid groups (broad SMARTS) is 1. The molecule has 1 N–H and O–H groups in total. The Hall–Kier alpha value is -0.400. The van der Waals surface area contributed by atoms with E-state index in [9.17, 15) is 9.90 Å². The van der Waals surface area contributed by atoms with Gasteiger partial charge in [0.05, 0.1) is 14.2 Å². The smallest absolute Gasteiger partial charge is 0.320 e. The van der Waals surface area contributed by atoms with Crippen LogP contribution in [0.4, 0.5) is 0 Å². The third-order valence-corrected chi connectivity index (χ3v) is 6.60. The Morgan fingerprint density at radius 3 is 2.62 bits per heavy atom. The number of carboxylic acids is 1. The van der Waals surface area contributed by atoms with Crippen LogP contribution in [0.1, 0.15) is 28.6 Å². The van der Waals surface area contributed by atoms with Gasteiger partial charge in [-0.05, 0) is 53.0 Å². The summed E-state index contributed by atoms with van der Waals surface area (Å²) in [6.07, 6.45) is 1.62. The summed E-state index contributed by atoms with van der Waals surface area (Å²) in [5.41, 5.74) is 0. The fraction of sp³-hybridized carbons (Fsp3) is 0.357. The van der Waals surface area contributed by atoms with Gasteiger partial charge in [-0.2, -0.15) is 0 Å². The Morgan fingerprint density at radius 2 is 2.05 bits per heavy atom. The largest absolute Gasteiger partial charge is 0.480 e. The van der Waals surface area contributed by atoms with Crippen molar-refractivity contribution in [3.8, 4) is 0 Å². The average molecular weight is 407 g/mol. The lowest BCUT2D eigenvalue weighted by molar-refractivity contribution is -0.142. The molecular weight excluding hydrogens is 394 g/mol. The van der Waals surface area contributed by atoms with Crippen LogP contribution in [0, 0.1) is 0 Å². The number of hydrogen-bond acceptors (Lipinski definition) is 4. The molecule has 2 unspecified atom stereocenters. The highest BCUT2D eigenvalue weighted by molar-refractivity contribution is 9.11. The molecule has 1 fully saturated rings. The Bertz CT molecular complexity index is 617. The van der Waals surface area contributed by atoms with E-state index in [2.05, 4.69) is 26.9 Å². The third kappa shape index (κ3) is 3.19. The van der Waals surface area contributed by atoms with E-state index in [4.69, 9.17) is 11.6 Å². The fourth-order valence-electron chi connectivity index (χ4n) is 2.78. The Kier molecular flexibility index (Phi) is 4.71. The molecule has 0 aliphatic carbocycles. The molecule has 2 atom stereocenters. The zero-order valence-electron chi connectivity index (χ0n) is 11.0. The van der Waals surface area contributed by atoms with Crippen LogP contribution in [0.15, 0.2) is 28.1 Å². The molecule has 3 nitrogen and oxygen atoms in total. The molecule has 0 amide bonds. The molecule has 0 radical (unpaired) electrons. The van der Waals surface area contributed by atoms with Crippen LogP contribution in [0.25, 0.3) is 0 Å². The van der Waals surface area contributed by atoms with Gasteiger partial charge in [-0.1, -0.05) is 11.6 Å². The average Bonchev–Trinajstić information content (AvgIpc) is 3.13. The SMILES string of the molecule is O=C(O)C1CCCN1C(c1ccc(Cl)s1)c1ccc(Br)s1. The van der Waals surface area contributed by atoms with Gasteiger partial charge in [0.15, 0.2) is 0 Å². The molecule has 0 saturated carbocycles. The van der Waals surface area contributed by atoms with Crippen molar-refractivity contribution in [3.05, 3.63) is 42.1 Å². The first-order chi connectivity index (χ1) is 10.1. The number of carbonyl (C=O) groups is 1. The lowest BCUT2D eigenvalue weighted by atomic mass is 10.1. The summed E-state index contributed by atoms with van der Waals surface area (Å²) in [5.74, 6) is -0.740. The lowest BCUT2D eigenvalue weighted by Gasteiger charge is -2.29. The van der Waals surface area contributed by atoms with Crippen LogP contribution in [0.2, 0.25) is 4.34 Å². The van der Waals surface area contributed by atoms with Gasteiger partial charge in [-0.25, -0.2) is 0 Å². The van der Waals surface area contributed by atoms with Gasteiger partial charge in [0.25, 0.3) is 0 Å². The number of halogens is 2. The maximum atomic E-state index is 11.5. The van der Waals surface area contributed by atoms with Gasteiger partial charge < -0.3 is 5.11 Å². The zero-order chi connectivity index (χ0) is 15.0. The van der Waals surface area contributed by atoms with Crippen molar-refractivity contribution in [1.82, 2.24) is 4.90 Å². The topological polar surface area (TPSA) is 40.5 Å². The molecule has 1 aliphatic heterocycles. The lowest BCUT2D eigenvalue weighted by Crippen LogP contribution is -2.38. The fourth-order valence-corrected chi connectivity index (χ4v) is 5.62. The van der Waals surface area contributed by atoms with E-state index >= 15 is 0 Å². The van der Waals surface area contributed by atoms with E-state index in [-0.39, 0.29) is 6.04 Å². The molecule has 7 heteroatoms. The van der Waals surface area contributed by atoms with E-state index in [1.54, 1.807) is 11.3 Å². The summed E-state index contributed by atoms with van der Waals surface area (Å²) in [7, 11) is 0. The maximum absolute atomic E-state index is 11.5. The zero-order valence-corrected chi connectivity index (χ0v) is 14.9. The molecular formula is C14H13BrClNO2S2. The molecule has 2 aromatic rings. The minimum absolute atomic E-state index is 0.0256. The predicted molar refractivity (Wildman–Crippen MR) is 90.6 cm³/mol. The van der Waals surface area contributed by atoms with Gasteiger partial charge in [0.2, 0.25) is 0 Å². The molecule has 2 aromatic heterocycles. The summed E-state index contributed by atoms with van der Waals surface area (Å²) in [6.45, 7) is 0.798. The van der Waals surface area contributed by atoms with Gasteiger partial charge in [-0.15, -0.1) is 22.7 Å². The van der Waals surface area contributed by atoms with E-state index in [0.717, 1.165) is 30.8 Å². The van der Waals surface area contributed by atoms with E-state index in [1.807, 2.05) is 18.2 Å². The van der Waals surface area contributed by atoms with Crippen molar-refractivity contribution >= 4 is 56.2 Å². The van der Waals surface area contributed by atoms with Gasteiger partial charge in [0.1, 0.15) is 6.04 Å². The number of thiophene rings is 2. The predicted octanol–water partition coefficient (Wildman–Crippen LogP) is 4.86. The highest BCUT2D eigenvalue weighted by atomic mass is 79.9. The van der Waals surface area contributed by atoms with Crippen molar-refractivity contribution < 1.29 is 9.90 Å².